The number of fused-ring (bicyclic) bond motifs is 1. The summed E-state index contributed by atoms with van der Waals surface area (Å²) in [5, 5.41) is -1.56. The predicted molar refractivity (Wildman–Crippen MR) is 65.7 cm³/mol. The monoisotopic (exact) mass is 285 g/mol. The Labute approximate surface area is 108 Å². The van der Waals surface area contributed by atoms with Crippen molar-refractivity contribution in [2.45, 2.75) is 5.37 Å². The highest BCUT2D eigenvalue weighted by Crippen LogP contribution is 2.27. The van der Waals surface area contributed by atoms with Crippen molar-refractivity contribution in [1.82, 2.24) is 4.90 Å². The third kappa shape index (κ3) is 1.83. The van der Waals surface area contributed by atoms with Crippen molar-refractivity contribution in [3.8, 4) is 0 Å². The van der Waals surface area contributed by atoms with E-state index in [1.807, 2.05) is 0 Å². The maximum absolute atomic E-state index is 12.0. The molecule has 0 bridgehead atoms. The summed E-state index contributed by atoms with van der Waals surface area (Å²) >= 11 is 0. The molecule has 0 N–H and O–H groups in total. The van der Waals surface area contributed by atoms with Gasteiger partial charge in [0.15, 0.2) is 5.37 Å². The average Bonchev–Trinajstić information content (AvgIpc) is 2.54. The Kier molecular flexibility index (Phi) is 3.00. The van der Waals surface area contributed by atoms with Gasteiger partial charge in [-0.15, -0.1) is 0 Å². The van der Waals surface area contributed by atoms with Gasteiger partial charge < -0.3 is 0 Å². The van der Waals surface area contributed by atoms with Crippen molar-refractivity contribution in [2.24, 2.45) is 0 Å². The highest BCUT2D eigenvalue weighted by atomic mass is 35.7. The van der Waals surface area contributed by atoms with Gasteiger partial charge in [-0.3, -0.25) is 14.5 Å². The fraction of sp³-hybridized carbons (Fsp3) is 0.0909. The average molecular weight is 286 g/mol. The van der Waals surface area contributed by atoms with E-state index in [4.69, 9.17) is 10.7 Å². The van der Waals surface area contributed by atoms with Crippen LogP contribution in [0.2, 0.25) is 0 Å². The number of imide groups is 1. The summed E-state index contributed by atoms with van der Waals surface area (Å²) in [6.07, 6.45) is 0.948. The summed E-state index contributed by atoms with van der Waals surface area (Å²) in [7, 11) is 1.06. The number of nitrogens with zero attached hydrogens (tertiary/aromatic N) is 1. The highest BCUT2D eigenvalue weighted by molar-refractivity contribution is 8.14. The number of hydrogen-bond donors (Lipinski definition) is 0. The molecule has 5 nitrogen and oxygen atoms in total. The number of halogens is 1. The van der Waals surface area contributed by atoms with E-state index >= 15 is 0 Å². The van der Waals surface area contributed by atoms with E-state index in [2.05, 4.69) is 6.58 Å². The van der Waals surface area contributed by atoms with Gasteiger partial charge in [-0.1, -0.05) is 24.8 Å². The summed E-state index contributed by atoms with van der Waals surface area (Å²) in [4.78, 5) is 24.6. The molecule has 0 saturated heterocycles. The maximum atomic E-state index is 12.0. The van der Waals surface area contributed by atoms with E-state index in [0.717, 1.165) is 6.08 Å². The second-order valence-electron chi connectivity index (χ2n) is 3.63. The van der Waals surface area contributed by atoms with Crippen LogP contribution in [0.3, 0.4) is 0 Å². The number of benzene rings is 1. The first-order chi connectivity index (χ1) is 8.38. The number of carbonyl (C=O) groups excluding carboxylic acids is 2. The van der Waals surface area contributed by atoms with Crippen LogP contribution in [0, 0.1) is 0 Å². The molecule has 2 amide bonds. The minimum atomic E-state index is -4.14. The van der Waals surface area contributed by atoms with Gasteiger partial charge in [0.2, 0.25) is 0 Å². The van der Waals surface area contributed by atoms with Gasteiger partial charge in [0.05, 0.1) is 11.1 Å². The number of carbonyl (C=O) groups is 2. The van der Waals surface area contributed by atoms with Gasteiger partial charge in [0.1, 0.15) is 0 Å². The quantitative estimate of drug-likeness (QED) is 0.478. The molecule has 1 aliphatic heterocycles. The van der Waals surface area contributed by atoms with Crippen LogP contribution >= 0.6 is 10.7 Å². The zero-order chi connectivity index (χ0) is 13.5. The zero-order valence-electron chi connectivity index (χ0n) is 9.04. The van der Waals surface area contributed by atoms with Crippen LogP contribution in [0.5, 0.6) is 0 Å². The minimum Gasteiger partial charge on any atom is -0.269 e. The number of hydrogen-bond acceptors (Lipinski definition) is 4. The molecule has 0 spiro atoms. The van der Waals surface area contributed by atoms with Gasteiger partial charge in [0.25, 0.3) is 20.9 Å². The van der Waals surface area contributed by atoms with Crippen molar-refractivity contribution < 1.29 is 18.0 Å². The van der Waals surface area contributed by atoms with Gasteiger partial charge in [-0.2, -0.15) is 0 Å². The molecule has 0 radical (unpaired) electrons. The first kappa shape index (κ1) is 12.8. The topological polar surface area (TPSA) is 71.5 Å². The van der Waals surface area contributed by atoms with Gasteiger partial charge >= 0.3 is 0 Å². The molecule has 18 heavy (non-hydrogen) atoms. The molecule has 1 atom stereocenters. The Hall–Kier alpha value is -1.66. The Balaban J connectivity index is 2.55. The highest BCUT2D eigenvalue weighted by Gasteiger charge is 2.43. The molecule has 7 heteroatoms. The maximum Gasteiger partial charge on any atom is 0.263 e. The van der Waals surface area contributed by atoms with Crippen LogP contribution < -0.4 is 0 Å². The van der Waals surface area contributed by atoms with E-state index in [1.54, 1.807) is 12.1 Å². The Morgan fingerprint density at radius 2 is 1.61 bits per heavy atom. The summed E-state index contributed by atoms with van der Waals surface area (Å²) in [5.74, 6) is -1.38. The lowest BCUT2D eigenvalue weighted by Crippen LogP contribution is -2.41. The van der Waals surface area contributed by atoms with Crippen LogP contribution in [0.4, 0.5) is 0 Å². The molecule has 1 unspecified atom stereocenters. The summed E-state index contributed by atoms with van der Waals surface area (Å²) in [6.45, 7) is 3.29. The second-order valence-corrected chi connectivity index (χ2v) is 6.35. The third-order valence-corrected chi connectivity index (χ3v) is 4.10. The Bertz CT molecular complexity index is 618. The minimum absolute atomic E-state index is 0.162. The molecule has 0 fully saturated rings. The lowest BCUT2D eigenvalue weighted by atomic mass is 10.1. The molecular weight excluding hydrogens is 278 g/mol. The van der Waals surface area contributed by atoms with Gasteiger partial charge in [-0.25, -0.2) is 8.42 Å². The van der Waals surface area contributed by atoms with Crippen molar-refractivity contribution in [1.29, 1.82) is 0 Å². The van der Waals surface area contributed by atoms with E-state index in [0.29, 0.717) is 4.90 Å². The van der Waals surface area contributed by atoms with E-state index in [9.17, 15) is 18.0 Å². The first-order valence-electron chi connectivity index (χ1n) is 4.91. The number of amides is 2. The largest absolute Gasteiger partial charge is 0.269 e. The third-order valence-electron chi connectivity index (χ3n) is 2.57. The molecule has 1 aromatic carbocycles. The van der Waals surface area contributed by atoms with Gasteiger partial charge in [-0.05, 0) is 12.1 Å². The summed E-state index contributed by atoms with van der Waals surface area (Å²) < 4.78 is 22.7. The standard InChI is InChI=1S/C11H8ClNO4S/c1-2-9(18(12,16)17)13-10(14)7-5-3-4-6-8(7)11(13)15/h2-6,9H,1H2. The SMILES string of the molecule is C=CC(N1C(=O)c2ccccc2C1=O)S(=O)(=O)Cl. The van der Waals surface area contributed by atoms with Crippen molar-refractivity contribution in [3.63, 3.8) is 0 Å². The number of rotatable bonds is 3. The van der Waals surface area contributed by atoms with Gasteiger partial charge in [0, 0.05) is 10.7 Å². The lowest BCUT2D eigenvalue weighted by molar-refractivity contribution is 0.0653. The molecule has 94 valence electrons. The fourth-order valence-electron chi connectivity index (χ4n) is 1.79. The van der Waals surface area contributed by atoms with Crippen molar-refractivity contribution >= 4 is 31.5 Å². The van der Waals surface area contributed by atoms with Crippen LogP contribution in [-0.2, 0) is 9.05 Å². The normalized spacial score (nSPS) is 16.6. The first-order valence-corrected chi connectivity index (χ1v) is 7.28. The molecule has 2 rings (SSSR count). The van der Waals surface area contributed by atoms with E-state index in [-0.39, 0.29) is 11.1 Å². The Morgan fingerprint density at radius 3 is 1.94 bits per heavy atom. The molecule has 1 heterocycles. The van der Waals surface area contributed by atoms with Crippen LogP contribution in [0.15, 0.2) is 36.9 Å². The fourth-order valence-corrected chi connectivity index (χ4v) is 2.92. The smallest absolute Gasteiger partial charge is 0.263 e. The van der Waals surface area contributed by atoms with Crippen LogP contribution in [0.25, 0.3) is 0 Å². The zero-order valence-corrected chi connectivity index (χ0v) is 10.6. The van der Waals surface area contributed by atoms with Crippen molar-refractivity contribution in [2.75, 3.05) is 0 Å². The van der Waals surface area contributed by atoms with Crippen LogP contribution in [0.1, 0.15) is 20.7 Å². The molecule has 1 aromatic rings. The predicted octanol–water partition coefficient (Wildman–Crippen LogP) is 1.36. The second kappa shape index (κ2) is 4.22. The Morgan fingerprint density at radius 1 is 1.17 bits per heavy atom. The molecule has 0 aliphatic carbocycles. The van der Waals surface area contributed by atoms with E-state index < -0.39 is 26.2 Å². The summed E-state index contributed by atoms with van der Waals surface area (Å²) in [6, 6.07) is 6.09. The molecule has 0 saturated carbocycles. The lowest BCUT2D eigenvalue weighted by Gasteiger charge is -2.19. The van der Waals surface area contributed by atoms with Crippen molar-refractivity contribution in [3.05, 3.63) is 48.0 Å². The molecule has 1 aliphatic rings. The van der Waals surface area contributed by atoms with Crippen LogP contribution in [-0.4, -0.2) is 30.5 Å². The van der Waals surface area contributed by atoms with E-state index in [1.165, 1.54) is 12.1 Å². The summed E-state index contributed by atoms with van der Waals surface area (Å²) in [5.41, 5.74) is 0.323. The molecular formula is C11H8ClNO4S. The molecule has 0 aromatic heterocycles.